The molecule has 21 heavy (non-hydrogen) atoms. The Labute approximate surface area is 132 Å². The molecule has 3 nitrogen and oxygen atoms in total. The zero-order valence-corrected chi connectivity index (χ0v) is 14.2. The van der Waals surface area contributed by atoms with Crippen LogP contribution < -0.4 is 4.74 Å². The van der Waals surface area contributed by atoms with Crippen molar-refractivity contribution in [2.24, 2.45) is 0 Å². The second-order valence-electron chi connectivity index (χ2n) is 5.03. The highest BCUT2D eigenvalue weighted by Crippen LogP contribution is 2.22. The van der Waals surface area contributed by atoms with Gasteiger partial charge in [-0.3, -0.25) is 4.90 Å². The van der Waals surface area contributed by atoms with Gasteiger partial charge >= 0.3 is 0 Å². The summed E-state index contributed by atoms with van der Waals surface area (Å²) < 4.78 is 5.44. The standard InChI is InChI=1S/C17H25NO2S/c1-14(9-11-21-4)18(2)13-16-12-15(6-5-10-19)7-8-17(16)20-3/h7-8,12,14,19H,9-11,13H2,1-4H3. The second-order valence-corrected chi connectivity index (χ2v) is 6.02. The minimum atomic E-state index is -0.118. The maximum Gasteiger partial charge on any atom is 0.123 e. The van der Waals surface area contributed by atoms with E-state index in [0.29, 0.717) is 6.04 Å². The van der Waals surface area contributed by atoms with Crippen molar-refractivity contribution >= 4 is 11.8 Å². The zero-order chi connectivity index (χ0) is 15.7. The van der Waals surface area contributed by atoms with Crippen molar-refractivity contribution in [2.75, 3.05) is 32.8 Å². The zero-order valence-electron chi connectivity index (χ0n) is 13.3. The third kappa shape index (κ3) is 6.01. The molecule has 0 saturated carbocycles. The summed E-state index contributed by atoms with van der Waals surface area (Å²) in [7, 11) is 3.82. The van der Waals surface area contributed by atoms with E-state index in [1.54, 1.807) is 7.11 Å². The maximum absolute atomic E-state index is 8.79. The van der Waals surface area contributed by atoms with Crippen LogP contribution in [-0.2, 0) is 6.54 Å². The van der Waals surface area contributed by atoms with Crippen LogP contribution in [0.3, 0.4) is 0 Å². The van der Waals surface area contributed by atoms with Gasteiger partial charge in [-0.25, -0.2) is 0 Å². The first kappa shape index (κ1) is 17.9. The molecule has 4 heteroatoms. The molecule has 116 valence electrons. The van der Waals surface area contributed by atoms with Crippen LogP contribution in [0.1, 0.15) is 24.5 Å². The Morgan fingerprint density at radius 2 is 2.19 bits per heavy atom. The average Bonchev–Trinajstić information content (AvgIpc) is 2.50. The van der Waals surface area contributed by atoms with Gasteiger partial charge in [0.2, 0.25) is 0 Å². The molecule has 0 aromatic heterocycles. The van der Waals surface area contributed by atoms with Gasteiger partial charge in [0.1, 0.15) is 12.4 Å². The number of aliphatic hydroxyl groups excluding tert-OH is 1. The van der Waals surface area contributed by atoms with Crippen LogP contribution in [0.25, 0.3) is 0 Å². The van der Waals surface area contributed by atoms with E-state index in [4.69, 9.17) is 9.84 Å². The number of aliphatic hydroxyl groups is 1. The third-order valence-corrected chi connectivity index (χ3v) is 4.15. The lowest BCUT2D eigenvalue weighted by Crippen LogP contribution is -2.29. The normalized spacial score (nSPS) is 11.9. The largest absolute Gasteiger partial charge is 0.496 e. The number of thioether (sulfide) groups is 1. The lowest BCUT2D eigenvalue weighted by atomic mass is 10.1. The molecule has 1 atom stereocenters. The Hall–Kier alpha value is -1.15. The van der Waals surface area contributed by atoms with Gasteiger partial charge in [-0.2, -0.15) is 11.8 Å². The fraction of sp³-hybridized carbons (Fsp3) is 0.529. The predicted octanol–water partition coefficient (Wildman–Crippen LogP) is 2.61. The van der Waals surface area contributed by atoms with Crippen molar-refractivity contribution in [1.29, 1.82) is 0 Å². The van der Waals surface area contributed by atoms with Gasteiger partial charge in [0, 0.05) is 23.7 Å². The molecular formula is C17H25NO2S. The molecule has 0 saturated heterocycles. The van der Waals surface area contributed by atoms with E-state index < -0.39 is 0 Å². The topological polar surface area (TPSA) is 32.7 Å². The molecule has 1 aromatic rings. The van der Waals surface area contributed by atoms with Gasteiger partial charge in [-0.1, -0.05) is 11.8 Å². The number of ether oxygens (including phenoxy) is 1. The summed E-state index contributed by atoms with van der Waals surface area (Å²) in [6, 6.07) is 6.42. The first-order chi connectivity index (χ1) is 10.1. The number of hydrogen-bond donors (Lipinski definition) is 1. The van der Waals surface area contributed by atoms with Crippen LogP contribution in [0.4, 0.5) is 0 Å². The van der Waals surface area contributed by atoms with Crippen molar-refractivity contribution in [2.45, 2.75) is 25.9 Å². The van der Waals surface area contributed by atoms with Crippen LogP contribution in [0.5, 0.6) is 5.75 Å². The van der Waals surface area contributed by atoms with Crippen molar-refractivity contribution in [3.63, 3.8) is 0 Å². The molecule has 1 rings (SSSR count). The molecule has 0 aliphatic rings. The molecule has 0 amide bonds. The molecule has 0 bridgehead atoms. The van der Waals surface area contributed by atoms with Crippen LogP contribution in [0.2, 0.25) is 0 Å². The highest BCUT2D eigenvalue weighted by Gasteiger charge is 2.12. The van der Waals surface area contributed by atoms with Crippen molar-refractivity contribution in [3.8, 4) is 17.6 Å². The van der Waals surface area contributed by atoms with Crippen LogP contribution in [-0.4, -0.2) is 48.8 Å². The third-order valence-electron chi connectivity index (χ3n) is 3.50. The lowest BCUT2D eigenvalue weighted by Gasteiger charge is -2.25. The molecule has 0 radical (unpaired) electrons. The summed E-state index contributed by atoms with van der Waals surface area (Å²) in [4.78, 5) is 2.33. The summed E-state index contributed by atoms with van der Waals surface area (Å²) in [6.07, 6.45) is 3.31. The molecule has 0 heterocycles. The Balaban J connectivity index is 2.84. The van der Waals surface area contributed by atoms with Gasteiger partial charge in [0.15, 0.2) is 0 Å². The average molecular weight is 307 g/mol. The smallest absolute Gasteiger partial charge is 0.123 e. The van der Waals surface area contributed by atoms with E-state index in [-0.39, 0.29) is 6.61 Å². The summed E-state index contributed by atoms with van der Waals surface area (Å²) >= 11 is 1.88. The Morgan fingerprint density at radius 1 is 1.43 bits per heavy atom. The van der Waals surface area contributed by atoms with E-state index in [1.807, 2.05) is 30.0 Å². The summed E-state index contributed by atoms with van der Waals surface area (Å²) in [5.74, 6) is 7.68. The van der Waals surface area contributed by atoms with E-state index in [2.05, 4.69) is 37.0 Å². The quantitative estimate of drug-likeness (QED) is 0.785. The highest BCUT2D eigenvalue weighted by atomic mass is 32.2. The number of rotatable bonds is 7. The van der Waals surface area contributed by atoms with E-state index >= 15 is 0 Å². The SMILES string of the molecule is COc1ccc(C#CCO)cc1CN(C)C(C)CCSC. The highest BCUT2D eigenvalue weighted by molar-refractivity contribution is 7.98. The Kier molecular flexibility index (Phi) is 8.29. The predicted molar refractivity (Wildman–Crippen MR) is 90.9 cm³/mol. The molecule has 1 aromatic carbocycles. The first-order valence-corrected chi connectivity index (χ1v) is 8.47. The number of benzene rings is 1. The van der Waals surface area contributed by atoms with Gasteiger partial charge in [-0.05, 0) is 50.6 Å². The fourth-order valence-corrected chi connectivity index (χ4v) is 2.63. The lowest BCUT2D eigenvalue weighted by molar-refractivity contribution is 0.241. The fourth-order valence-electron chi connectivity index (χ4n) is 2.05. The summed E-state index contributed by atoms with van der Waals surface area (Å²) in [5, 5.41) is 8.79. The molecule has 0 aliphatic heterocycles. The minimum Gasteiger partial charge on any atom is -0.496 e. The monoisotopic (exact) mass is 307 g/mol. The van der Waals surface area contributed by atoms with Crippen LogP contribution in [0, 0.1) is 11.8 Å². The molecule has 1 N–H and O–H groups in total. The molecular weight excluding hydrogens is 282 g/mol. The Morgan fingerprint density at radius 3 is 2.81 bits per heavy atom. The maximum atomic E-state index is 8.79. The molecule has 0 spiro atoms. The Bertz CT molecular complexity index is 493. The van der Waals surface area contributed by atoms with E-state index in [1.165, 1.54) is 12.2 Å². The molecule has 1 unspecified atom stereocenters. The van der Waals surface area contributed by atoms with E-state index in [0.717, 1.165) is 23.4 Å². The van der Waals surface area contributed by atoms with Crippen LogP contribution in [0.15, 0.2) is 18.2 Å². The first-order valence-electron chi connectivity index (χ1n) is 7.08. The van der Waals surface area contributed by atoms with Gasteiger partial charge in [-0.15, -0.1) is 0 Å². The number of methoxy groups -OCH3 is 1. The summed E-state index contributed by atoms with van der Waals surface area (Å²) in [6.45, 7) is 2.96. The molecule has 0 fully saturated rings. The molecule has 0 aliphatic carbocycles. The van der Waals surface area contributed by atoms with Crippen molar-refractivity contribution in [1.82, 2.24) is 4.90 Å². The van der Waals surface area contributed by atoms with E-state index in [9.17, 15) is 0 Å². The van der Waals surface area contributed by atoms with Gasteiger partial charge in [0.25, 0.3) is 0 Å². The number of hydrogen-bond acceptors (Lipinski definition) is 4. The van der Waals surface area contributed by atoms with Crippen molar-refractivity contribution < 1.29 is 9.84 Å². The number of nitrogens with zero attached hydrogens (tertiary/aromatic N) is 1. The van der Waals surface area contributed by atoms with Gasteiger partial charge in [0.05, 0.1) is 7.11 Å². The van der Waals surface area contributed by atoms with Gasteiger partial charge < -0.3 is 9.84 Å². The van der Waals surface area contributed by atoms with Crippen LogP contribution >= 0.6 is 11.8 Å². The minimum absolute atomic E-state index is 0.118. The second kappa shape index (κ2) is 9.73. The summed E-state index contributed by atoms with van der Waals surface area (Å²) in [5.41, 5.74) is 2.03. The van der Waals surface area contributed by atoms with Crippen molar-refractivity contribution in [3.05, 3.63) is 29.3 Å².